The Hall–Kier alpha value is -2.81. The lowest BCUT2D eigenvalue weighted by atomic mass is 10.2. The molecule has 2 N–H and O–H groups in total. The highest BCUT2D eigenvalue weighted by atomic mass is 32.1. The summed E-state index contributed by atoms with van der Waals surface area (Å²) in [6, 6.07) is 12.1. The van der Waals surface area contributed by atoms with Gasteiger partial charge in [0.15, 0.2) is 5.11 Å². The molecule has 0 bridgehead atoms. The molecule has 0 atom stereocenters. The Bertz CT molecular complexity index is 780. The van der Waals surface area contributed by atoms with Crippen LogP contribution in [0.15, 0.2) is 48.5 Å². The predicted molar refractivity (Wildman–Crippen MR) is 94.0 cm³/mol. The van der Waals surface area contributed by atoms with Crippen LogP contribution in [-0.2, 0) is 11.3 Å². The molecule has 2 rings (SSSR count). The summed E-state index contributed by atoms with van der Waals surface area (Å²) in [6.45, 7) is 0.0400. The Labute approximate surface area is 153 Å². The number of para-hydroxylation sites is 1. The van der Waals surface area contributed by atoms with E-state index >= 15 is 0 Å². The number of esters is 1. The highest BCUT2D eigenvalue weighted by Crippen LogP contribution is 2.26. The summed E-state index contributed by atoms with van der Waals surface area (Å²) >= 11 is 5.12. The van der Waals surface area contributed by atoms with E-state index in [2.05, 4.69) is 20.1 Å². The molecular weight excluding hydrogens is 369 g/mol. The lowest BCUT2D eigenvalue weighted by Gasteiger charge is -2.15. The lowest BCUT2D eigenvalue weighted by molar-refractivity contribution is -0.274. The summed E-state index contributed by atoms with van der Waals surface area (Å²) in [5, 5.41) is 5.88. The minimum absolute atomic E-state index is 0.0400. The molecule has 0 aliphatic heterocycles. The number of carbonyl (C=O) groups excluding carboxylic acids is 1. The Morgan fingerprint density at radius 1 is 1.12 bits per heavy atom. The van der Waals surface area contributed by atoms with Crippen molar-refractivity contribution < 1.29 is 27.4 Å². The number of benzene rings is 2. The summed E-state index contributed by atoms with van der Waals surface area (Å²) < 4.78 is 45.8. The van der Waals surface area contributed by atoms with E-state index in [1.54, 1.807) is 30.3 Å². The van der Waals surface area contributed by atoms with Gasteiger partial charge in [0.25, 0.3) is 0 Å². The fraction of sp³-hybridized carbons (Fsp3) is 0.176. The monoisotopic (exact) mass is 384 g/mol. The fourth-order valence-electron chi connectivity index (χ4n) is 2.03. The molecule has 9 heteroatoms. The molecular formula is C17H15F3N2O3S. The number of rotatable bonds is 5. The summed E-state index contributed by atoms with van der Waals surface area (Å²) in [7, 11) is 1.29. The van der Waals surface area contributed by atoms with E-state index < -0.39 is 12.3 Å². The lowest BCUT2D eigenvalue weighted by Crippen LogP contribution is -2.28. The van der Waals surface area contributed by atoms with Gasteiger partial charge in [-0.15, -0.1) is 13.2 Å². The zero-order valence-electron chi connectivity index (χ0n) is 13.6. The molecule has 0 radical (unpaired) electrons. The van der Waals surface area contributed by atoms with Crippen LogP contribution in [0, 0.1) is 0 Å². The molecule has 0 saturated carbocycles. The maximum Gasteiger partial charge on any atom is 0.573 e. The zero-order valence-corrected chi connectivity index (χ0v) is 14.4. The second-order valence-electron chi connectivity index (χ2n) is 5.03. The van der Waals surface area contributed by atoms with Crippen molar-refractivity contribution >= 4 is 29.0 Å². The summed E-state index contributed by atoms with van der Waals surface area (Å²) in [5.74, 6) is -0.753. The van der Waals surface area contributed by atoms with Gasteiger partial charge in [-0.3, -0.25) is 0 Å². The van der Waals surface area contributed by atoms with E-state index in [1.807, 2.05) is 0 Å². The highest BCUT2D eigenvalue weighted by Gasteiger charge is 2.31. The molecule has 0 amide bonds. The van der Waals surface area contributed by atoms with E-state index in [0.717, 1.165) is 0 Å². The van der Waals surface area contributed by atoms with E-state index in [-0.39, 0.29) is 17.4 Å². The molecule has 2 aromatic rings. The van der Waals surface area contributed by atoms with E-state index in [9.17, 15) is 18.0 Å². The van der Waals surface area contributed by atoms with Crippen LogP contribution in [0.3, 0.4) is 0 Å². The number of anilines is 1. The van der Waals surface area contributed by atoms with Gasteiger partial charge in [-0.2, -0.15) is 0 Å². The summed E-state index contributed by atoms with van der Waals surface area (Å²) in [5.41, 5.74) is 1.29. The molecule has 2 aromatic carbocycles. The van der Waals surface area contributed by atoms with Crippen molar-refractivity contribution in [3.05, 3.63) is 59.7 Å². The van der Waals surface area contributed by atoms with Crippen LogP contribution in [0.4, 0.5) is 18.9 Å². The van der Waals surface area contributed by atoms with Crippen LogP contribution in [0.5, 0.6) is 5.75 Å². The van der Waals surface area contributed by atoms with Crippen molar-refractivity contribution in [1.29, 1.82) is 0 Å². The first-order chi connectivity index (χ1) is 12.3. The third-order valence-electron chi connectivity index (χ3n) is 3.20. The van der Waals surface area contributed by atoms with Gasteiger partial charge in [-0.1, -0.05) is 18.2 Å². The Morgan fingerprint density at radius 3 is 2.38 bits per heavy atom. The number of carbonyl (C=O) groups is 1. The third-order valence-corrected chi connectivity index (χ3v) is 3.45. The zero-order chi connectivity index (χ0) is 19.2. The third kappa shape index (κ3) is 5.92. The van der Waals surface area contributed by atoms with Crippen LogP contribution in [0.1, 0.15) is 15.9 Å². The van der Waals surface area contributed by atoms with Crippen LogP contribution in [-0.4, -0.2) is 24.6 Å². The normalized spacial score (nSPS) is 10.8. The van der Waals surface area contributed by atoms with Gasteiger partial charge in [0.1, 0.15) is 5.75 Å². The number of alkyl halides is 3. The van der Waals surface area contributed by atoms with Gasteiger partial charge < -0.3 is 20.1 Å². The van der Waals surface area contributed by atoms with E-state index in [1.165, 1.54) is 25.3 Å². The smallest absolute Gasteiger partial charge is 0.465 e. The average Bonchev–Trinajstić information content (AvgIpc) is 2.59. The molecule has 0 saturated heterocycles. The van der Waals surface area contributed by atoms with Gasteiger partial charge in [0, 0.05) is 17.8 Å². The second-order valence-corrected chi connectivity index (χ2v) is 5.44. The first kappa shape index (κ1) is 19.5. The summed E-state index contributed by atoms with van der Waals surface area (Å²) in [6.07, 6.45) is -4.77. The minimum Gasteiger partial charge on any atom is -0.465 e. The van der Waals surface area contributed by atoms with E-state index in [4.69, 9.17) is 12.2 Å². The van der Waals surface area contributed by atoms with Crippen molar-refractivity contribution in [1.82, 2.24) is 5.32 Å². The molecule has 0 aromatic heterocycles. The minimum atomic E-state index is -4.77. The highest BCUT2D eigenvalue weighted by molar-refractivity contribution is 7.80. The number of thiocarbonyl (C=S) groups is 1. The van der Waals surface area contributed by atoms with Gasteiger partial charge >= 0.3 is 12.3 Å². The van der Waals surface area contributed by atoms with Crippen LogP contribution in [0.25, 0.3) is 0 Å². The van der Waals surface area contributed by atoms with E-state index in [0.29, 0.717) is 16.8 Å². The second kappa shape index (κ2) is 8.52. The van der Waals surface area contributed by atoms with Gasteiger partial charge in [0.2, 0.25) is 0 Å². The molecule has 0 spiro atoms. The Kier molecular flexibility index (Phi) is 6.40. The van der Waals surface area contributed by atoms with Crippen molar-refractivity contribution in [3.63, 3.8) is 0 Å². The van der Waals surface area contributed by atoms with Crippen LogP contribution >= 0.6 is 12.2 Å². The van der Waals surface area contributed by atoms with Gasteiger partial charge in [0.05, 0.1) is 12.7 Å². The molecule has 5 nitrogen and oxygen atoms in total. The fourth-order valence-corrected chi connectivity index (χ4v) is 2.22. The van der Waals surface area contributed by atoms with Gasteiger partial charge in [-0.25, -0.2) is 4.79 Å². The van der Waals surface area contributed by atoms with Crippen molar-refractivity contribution in [2.75, 3.05) is 12.4 Å². The van der Waals surface area contributed by atoms with Gasteiger partial charge in [-0.05, 0) is 42.5 Å². The molecule has 0 fully saturated rings. The predicted octanol–water partition coefficient (Wildman–Crippen LogP) is 3.86. The number of hydrogen-bond acceptors (Lipinski definition) is 4. The topological polar surface area (TPSA) is 59.6 Å². The number of hydrogen-bond donors (Lipinski definition) is 2. The number of methoxy groups -OCH3 is 1. The molecule has 0 aliphatic rings. The van der Waals surface area contributed by atoms with Crippen LogP contribution in [0.2, 0.25) is 0 Å². The Morgan fingerprint density at radius 2 is 1.77 bits per heavy atom. The van der Waals surface area contributed by atoms with Crippen molar-refractivity contribution in [3.8, 4) is 5.75 Å². The average molecular weight is 384 g/mol. The van der Waals surface area contributed by atoms with Crippen LogP contribution < -0.4 is 15.4 Å². The number of nitrogens with one attached hydrogen (secondary N) is 2. The quantitative estimate of drug-likeness (QED) is 0.603. The largest absolute Gasteiger partial charge is 0.573 e. The standard InChI is InChI=1S/C17H15F3N2O3S/c1-24-15(23)11-6-8-13(9-7-11)22-16(26)21-10-12-4-2-3-5-14(12)25-17(18,19)20/h2-9H,10H2,1H3,(H2,21,22,26). The van der Waals surface area contributed by atoms with Crippen molar-refractivity contribution in [2.45, 2.75) is 12.9 Å². The Balaban J connectivity index is 1.94. The first-order valence-electron chi connectivity index (χ1n) is 7.35. The number of halogens is 3. The first-order valence-corrected chi connectivity index (χ1v) is 7.76. The molecule has 0 aliphatic carbocycles. The maximum atomic E-state index is 12.4. The van der Waals surface area contributed by atoms with Crippen molar-refractivity contribution in [2.24, 2.45) is 0 Å². The molecule has 0 heterocycles. The summed E-state index contributed by atoms with van der Waals surface area (Å²) in [4.78, 5) is 11.4. The molecule has 0 unspecified atom stereocenters. The SMILES string of the molecule is COC(=O)c1ccc(NC(=S)NCc2ccccc2OC(F)(F)F)cc1. The maximum absolute atomic E-state index is 12.4. The molecule has 26 heavy (non-hydrogen) atoms. The number of ether oxygens (including phenoxy) is 2. The molecule has 138 valence electrons.